The molecule has 6 heteroatoms. The Balaban J connectivity index is 1.35. The van der Waals surface area contributed by atoms with Crippen LogP contribution in [0.25, 0.3) is 0 Å². The molecular weight excluding hydrogens is 304 g/mol. The summed E-state index contributed by atoms with van der Waals surface area (Å²) in [5.74, 6) is 0.611. The van der Waals surface area contributed by atoms with Crippen LogP contribution >= 0.6 is 0 Å². The lowest BCUT2D eigenvalue weighted by Crippen LogP contribution is -2.51. The molecule has 2 heterocycles. The highest BCUT2D eigenvalue weighted by molar-refractivity contribution is 5.78. The van der Waals surface area contributed by atoms with Crippen molar-refractivity contribution < 1.29 is 9.59 Å². The van der Waals surface area contributed by atoms with Crippen LogP contribution in [-0.4, -0.2) is 60.5 Å². The highest BCUT2D eigenvalue weighted by Crippen LogP contribution is 2.26. The molecule has 3 aliphatic rings. The molecule has 0 aromatic rings. The Morgan fingerprint density at radius 2 is 1.54 bits per heavy atom. The molecule has 0 unspecified atom stereocenters. The van der Waals surface area contributed by atoms with Gasteiger partial charge in [0, 0.05) is 44.7 Å². The number of nitrogens with one attached hydrogen (secondary N) is 1. The van der Waals surface area contributed by atoms with Gasteiger partial charge in [-0.15, -0.1) is 0 Å². The van der Waals surface area contributed by atoms with Crippen LogP contribution in [0, 0.1) is 11.8 Å². The van der Waals surface area contributed by atoms with E-state index in [1.165, 1.54) is 32.2 Å². The maximum Gasteiger partial charge on any atom is 0.317 e. The van der Waals surface area contributed by atoms with Crippen molar-refractivity contribution in [2.45, 2.75) is 57.4 Å². The number of nitrogens with two attached hydrogens (primary N) is 1. The first-order valence-electron chi connectivity index (χ1n) is 9.69. The minimum Gasteiger partial charge on any atom is -0.369 e. The smallest absolute Gasteiger partial charge is 0.317 e. The van der Waals surface area contributed by atoms with Crippen LogP contribution in [0.1, 0.15) is 51.4 Å². The molecule has 0 atom stereocenters. The second kappa shape index (κ2) is 8.19. The van der Waals surface area contributed by atoms with E-state index in [-0.39, 0.29) is 17.9 Å². The first kappa shape index (κ1) is 17.5. The number of piperidine rings is 2. The molecule has 2 saturated heterocycles. The molecule has 136 valence electrons. The van der Waals surface area contributed by atoms with E-state index in [0.717, 1.165) is 31.8 Å². The van der Waals surface area contributed by atoms with Crippen molar-refractivity contribution in [1.29, 1.82) is 0 Å². The molecule has 3 rings (SSSR count). The third-order valence-corrected chi connectivity index (χ3v) is 6.09. The number of carbonyl (C=O) groups is 2. The summed E-state index contributed by atoms with van der Waals surface area (Å²) in [7, 11) is 0. The first-order chi connectivity index (χ1) is 11.6. The van der Waals surface area contributed by atoms with Crippen molar-refractivity contribution in [1.82, 2.24) is 15.1 Å². The van der Waals surface area contributed by atoms with Crippen LogP contribution in [0.5, 0.6) is 0 Å². The van der Waals surface area contributed by atoms with Crippen LogP contribution in [0.15, 0.2) is 0 Å². The summed E-state index contributed by atoms with van der Waals surface area (Å²) < 4.78 is 0. The van der Waals surface area contributed by atoms with Gasteiger partial charge in [-0.1, -0.05) is 12.8 Å². The third-order valence-electron chi connectivity index (χ3n) is 6.09. The molecule has 24 heavy (non-hydrogen) atoms. The number of hydrogen-bond acceptors (Lipinski definition) is 3. The van der Waals surface area contributed by atoms with E-state index in [1.54, 1.807) is 0 Å². The number of nitrogens with zero attached hydrogens (tertiary/aromatic N) is 2. The number of rotatable bonds is 4. The van der Waals surface area contributed by atoms with Gasteiger partial charge in [0.1, 0.15) is 0 Å². The van der Waals surface area contributed by atoms with Gasteiger partial charge < -0.3 is 20.9 Å². The molecule has 0 aromatic carbocycles. The topological polar surface area (TPSA) is 78.7 Å². The molecule has 1 aliphatic carbocycles. The van der Waals surface area contributed by atoms with Gasteiger partial charge in [-0.05, 0) is 44.4 Å². The predicted octanol–water partition coefficient (Wildman–Crippen LogP) is 1.55. The number of amides is 3. The van der Waals surface area contributed by atoms with E-state index in [2.05, 4.69) is 10.2 Å². The van der Waals surface area contributed by atoms with Crippen molar-refractivity contribution in [3.05, 3.63) is 0 Å². The van der Waals surface area contributed by atoms with Crippen molar-refractivity contribution in [3.8, 4) is 0 Å². The Labute approximate surface area is 145 Å². The fourth-order valence-electron chi connectivity index (χ4n) is 4.45. The Hall–Kier alpha value is -1.30. The molecule has 1 saturated carbocycles. The van der Waals surface area contributed by atoms with Crippen molar-refractivity contribution in [3.63, 3.8) is 0 Å². The number of likely N-dealkylation sites (tertiary alicyclic amines) is 2. The number of hydrogen-bond donors (Lipinski definition) is 2. The van der Waals surface area contributed by atoms with Crippen LogP contribution in [-0.2, 0) is 4.79 Å². The molecule has 3 N–H and O–H groups in total. The molecule has 3 amide bonds. The van der Waals surface area contributed by atoms with E-state index >= 15 is 0 Å². The van der Waals surface area contributed by atoms with Crippen LogP contribution in [0.3, 0.4) is 0 Å². The van der Waals surface area contributed by atoms with Crippen LogP contribution in [0.4, 0.5) is 4.79 Å². The Morgan fingerprint density at radius 3 is 2.12 bits per heavy atom. The summed E-state index contributed by atoms with van der Waals surface area (Å²) in [6, 6.07) is 0.332. The molecule has 3 fully saturated rings. The normalized spacial score (nSPS) is 25.1. The Kier molecular flexibility index (Phi) is 5.98. The summed E-state index contributed by atoms with van der Waals surface area (Å²) in [6.07, 6.45) is 9.11. The third kappa shape index (κ3) is 4.62. The number of primary amides is 1. The van der Waals surface area contributed by atoms with Gasteiger partial charge in [0.2, 0.25) is 5.91 Å². The number of carbonyl (C=O) groups excluding carboxylic acids is 2. The highest BCUT2D eigenvalue weighted by atomic mass is 16.2. The fourth-order valence-corrected chi connectivity index (χ4v) is 4.45. The maximum absolute atomic E-state index is 12.4. The maximum atomic E-state index is 12.4. The predicted molar refractivity (Wildman–Crippen MR) is 93.4 cm³/mol. The van der Waals surface area contributed by atoms with Crippen molar-refractivity contribution >= 4 is 11.9 Å². The van der Waals surface area contributed by atoms with E-state index in [1.807, 2.05) is 4.90 Å². The molecular formula is C18H32N4O2. The lowest BCUT2D eigenvalue weighted by molar-refractivity contribution is -0.123. The SMILES string of the molecule is NC(=O)C1CCN(C(=O)NC2CCN(CC3CCCC3)CC2)CC1. The Bertz CT molecular complexity index is 434. The minimum absolute atomic E-state index is 0.0344. The van der Waals surface area contributed by atoms with Gasteiger partial charge in [-0.3, -0.25) is 4.79 Å². The summed E-state index contributed by atoms with van der Waals surface area (Å²) in [5.41, 5.74) is 5.35. The molecule has 6 nitrogen and oxygen atoms in total. The van der Waals surface area contributed by atoms with Gasteiger partial charge >= 0.3 is 6.03 Å². The second-order valence-electron chi connectivity index (χ2n) is 7.84. The Morgan fingerprint density at radius 1 is 0.917 bits per heavy atom. The van der Waals surface area contributed by atoms with Gasteiger partial charge in [-0.2, -0.15) is 0 Å². The van der Waals surface area contributed by atoms with Gasteiger partial charge in [0.05, 0.1) is 0 Å². The molecule has 0 aromatic heterocycles. The van der Waals surface area contributed by atoms with Crippen LogP contribution < -0.4 is 11.1 Å². The largest absolute Gasteiger partial charge is 0.369 e. The zero-order valence-corrected chi connectivity index (χ0v) is 14.7. The van der Waals surface area contributed by atoms with Crippen LogP contribution in [0.2, 0.25) is 0 Å². The molecule has 2 aliphatic heterocycles. The first-order valence-corrected chi connectivity index (χ1v) is 9.69. The number of urea groups is 1. The van der Waals surface area contributed by atoms with E-state index in [9.17, 15) is 9.59 Å². The zero-order chi connectivity index (χ0) is 16.9. The van der Waals surface area contributed by atoms with Gasteiger partial charge in [0.25, 0.3) is 0 Å². The average Bonchev–Trinajstić information content (AvgIpc) is 3.09. The van der Waals surface area contributed by atoms with Crippen molar-refractivity contribution in [2.24, 2.45) is 17.6 Å². The quantitative estimate of drug-likeness (QED) is 0.817. The van der Waals surface area contributed by atoms with E-state index in [4.69, 9.17) is 5.73 Å². The summed E-state index contributed by atoms with van der Waals surface area (Å²) in [5, 5.41) is 3.19. The molecule has 0 bridgehead atoms. The lowest BCUT2D eigenvalue weighted by atomic mass is 9.96. The standard InChI is InChI=1S/C18H32N4O2/c19-17(23)15-5-11-22(12-6-15)18(24)20-16-7-9-21(10-8-16)13-14-3-1-2-4-14/h14-16H,1-13H2,(H2,19,23)(H,20,24). The van der Waals surface area contributed by atoms with Gasteiger partial charge in [-0.25, -0.2) is 4.79 Å². The molecule has 0 spiro atoms. The van der Waals surface area contributed by atoms with Gasteiger partial charge in [0.15, 0.2) is 0 Å². The summed E-state index contributed by atoms with van der Waals surface area (Å²) in [4.78, 5) is 28.0. The zero-order valence-electron chi connectivity index (χ0n) is 14.7. The van der Waals surface area contributed by atoms with E-state index in [0.29, 0.717) is 32.0 Å². The summed E-state index contributed by atoms with van der Waals surface area (Å²) in [6.45, 7) is 4.73. The highest BCUT2D eigenvalue weighted by Gasteiger charge is 2.28. The lowest BCUT2D eigenvalue weighted by Gasteiger charge is -2.36. The van der Waals surface area contributed by atoms with Crippen molar-refractivity contribution in [2.75, 3.05) is 32.7 Å². The second-order valence-corrected chi connectivity index (χ2v) is 7.84. The monoisotopic (exact) mass is 336 g/mol. The van der Waals surface area contributed by atoms with E-state index < -0.39 is 0 Å². The average molecular weight is 336 g/mol. The summed E-state index contributed by atoms with van der Waals surface area (Å²) >= 11 is 0. The minimum atomic E-state index is -0.232. The fraction of sp³-hybridized carbons (Fsp3) is 0.889. The molecule has 0 radical (unpaired) electrons.